The quantitative estimate of drug-likeness (QED) is 0.824. The summed E-state index contributed by atoms with van der Waals surface area (Å²) in [6.45, 7) is 8.74. The molecule has 1 aliphatic heterocycles. The number of nitrogens with zero attached hydrogens (tertiary/aromatic N) is 2. The minimum atomic E-state index is -0.454. The number of carbonyl (C=O) groups excluding carboxylic acids is 1. The van der Waals surface area contributed by atoms with Gasteiger partial charge in [0.25, 0.3) is 0 Å². The van der Waals surface area contributed by atoms with Crippen molar-refractivity contribution in [2.45, 2.75) is 32.4 Å². The van der Waals surface area contributed by atoms with Crippen LogP contribution in [0.2, 0.25) is 0 Å². The van der Waals surface area contributed by atoms with E-state index in [2.05, 4.69) is 53.4 Å². The third-order valence-corrected chi connectivity index (χ3v) is 4.56. The summed E-state index contributed by atoms with van der Waals surface area (Å²) < 4.78 is 5.51. The molecule has 4 nitrogen and oxygen atoms in total. The maximum atomic E-state index is 12.3. The molecule has 1 aliphatic rings. The summed E-state index contributed by atoms with van der Waals surface area (Å²) in [6.07, 6.45) is -0.215. The third kappa shape index (κ3) is 4.64. The van der Waals surface area contributed by atoms with E-state index in [0.717, 1.165) is 13.1 Å². The van der Waals surface area contributed by atoms with Gasteiger partial charge in [-0.05, 0) is 31.9 Å². The number of hydrogen-bond donors (Lipinski definition) is 0. The van der Waals surface area contributed by atoms with Crippen molar-refractivity contribution in [2.75, 3.05) is 26.2 Å². The van der Waals surface area contributed by atoms with E-state index in [1.165, 1.54) is 11.1 Å². The lowest BCUT2D eigenvalue weighted by Crippen LogP contribution is -2.51. The molecule has 1 fully saturated rings. The van der Waals surface area contributed by atoms with E-state index in [9.17, 15) is 4.79 Å². The summed E-state index contributed by atoms with van der Waals surface area (Å²) in [5.74, 6) is 0. The zero-order valence-electron chi connectivity index (χ0n) is 15.9. The number of carbonyl (C=O) groups is 1. The summed E-state index contributed by atoms with van der Waals surface area (Å²) in [4.78, 5) is 16.6. The van der Waals surface area contributed by atoms with Crippen molar-refractivity contribution < 1.29 is 9.53 Å². The number of benzene rings is 2. The van der Waals surface area contributed by atoms with Crippen molar-refractivity contribution in [3.8, 4) is 0 Å². The molecule has 0 aliphatic carbocycles. The highest BCUT2D eigenvalue weighted by Crippen LogP contribution is 2.29. The Hall–Kier alpha value is -2.33. The van der Waals surface area contributed by atoms with Crippen LogP contribution in [0.5, 0.6) is 0 Å². The SMILES string of the molecule is CC(C)(C)OC(=O)N1CCN(C(c2ccccc2)c2ccccc2)CC1. The topological polar surface area (TPSA) is 32.8 Å². The lowest BCUT2D eigenvalue weighted by Gasteiger charge is -2.40. The van der Waals surface area contributed by atoms with Gasteiger partial charge in [0.05, 0.1) is 6.04 Å². The van der Waals surface area contributed by atoms with Crippen LogP contribution in [0.15, 0.2) is 60.7 Å². The maximum Gasteiger partial charge on any atom is 0.410 e. The Morgan fingerprint density at radius 2 is 1.31 bits per heavy atom. The highest BCUT2D eigenvalue weighted by Gasteiger charge is 2.30. The molecule has 26 heavy (non-hydrogen) atoms. The van der Waals surface area contributed by atoms with Crippen LogP contribution in [-0.4, -0.2) is 47.7 Å². The highest BCUT2D eigenvalue weighted by atomic mass is 16.6. The van der Waals surface area contributed by atoms with Crippen molar-refractivity contribution >= 4 is 6.09 Å². The van der Waals surface area contributed by atoms with Crippen molar-refractivity contribution in [2.24, 2.45) is 0 Å². The third-order valence-electron chi connectivity index (χ3n) is 4.56. The van der Waals surface area contributed by atoms with Crippen LogP contribution < -0.4 is 0 Å². The molecule has 1 heterocycles. The van der Waals surface area contributed by atoms with Gasteiger partial charge in [0.1, 0.15) is 5.60 Å². The molecule has 3 rings (SSSR count). The molecule has 0 radical (unpaired) electrons. The molecule has 138 valence electrons. The molecule has 0 atom stereocenters. The molecule has 2 aromatic rings. The number of ether oxygens (including phenoxy) is 1. The molecule has 0 saturated carbocycles. The van der Waals surface area contributed by atoms with E-state index >= 15 is 0 Å². The van der Waals surface area contributed by atoms with E-state index in [-0.39, 0.29) is 12.1 Å². The number of hydrogen-bond acceptors (Lipinski definition) is 3. The van der Waals surface area contributed by atoms with Gasteiger partial charge in [-0.2, -0.15) is 0 Å². The Morgan fingerprint density at radius 1 is 0.846 bits per heavy atom. The van der Waals surface area contributed by atoms with Gasteiger partial charge < -0.3 is 9.64 Å². The van der Waals surface area contributed by atoms with Crippen LogP contribution in [0.3, 0.4) is 0 Å². The normalized spacial score (nSPS) is 15.9. The summed E-state index contributed by atoms with van der Waals surface area (Å²) in [6, 6.07) is 21.4. The van der Waals surface area contributed by atoms with E-state index in [0.29, 0.717) is 13.1 Å². The zero-order valence-corrected chi connectivity index (χ0v) is 15.9. The summed E-state index contributed by atoms with van der Waals surface area (Å²) in [5, 5.41) is 0. The maximum absolute atomic E-state index is 12.3. The summed E-state index contributed by atoms with van der Waals surface area (Å²) in [5.41, 5.74) is 2.11. The second kappa shape index (κ2) is 7.92. The Labute approximate surface area is 156 Å². The monoisotopic (exact) mass is 352 g/mol. The fraction of sp³-hybridized carbons (Fsp3) is 0.409. The highest BCUT2D eigenvalue weighted by molar-refractivity contribution is 5.68. The van der Waals surface area contributed by atoms with E-state index in [1.807, 2.05) is 37.8 Å². The molecule has 1 amide bonds. The Morgan fingerprint density at radius 3 is 1.73 bits per heavy atom. The van der Waals surface area contributed by atoms with E-state index in [1.54, 1.807) is 0 Å². The standard InChI is InChI=1S/C22H28N2O2/c1-22(2,3)26-21(25)24-16-14-23(15-17-24)20(18-10-6-4-7-11-18)19-12-8-5-9-13-19/h4-13,20H,14-17H2,1-3H3. The lowest BCUT2D eigenvalue weighted by molar-refractivity contribution is 0.0119. The second-order valence-corrected chi connectivity index (χ2v) is 7.73. The van der Waals surface area contributed by atoms with E-state index < -0.39 is 5.60 Å². The number of amides is 1. The van der Waals surface area contributed by atoms with Gasteiger partial charge in [-0.25, -0.2) is 4.79 Å². The molecule has 0 bridgehead atoms. The van der Waals surface area contributed by atoms with Crippen LogP contribution in [0.4, 0.5) is 4.79 Å². The predicted molar refractivity (Wildman–Crippen MR) is 104 cm³/mol. The lowest BCUT2D eigenvalue weighted by atomic mass is 9.96. The van der Waals surface area contributed by atoms with Gasteiger partial charge in [0.2, 0.25) is 0 Å². The smallest absolute Gasteiger partial charge is 0.410 e. The van der Waals surface area contributed by atoms with Crippen LogP contribution in [-0.2, 0) is 4.74 Å². The minimum Gasteiger partial charge on any atom is -0.444 e. The van der Waals surface area contributed by atoms with Crippen molar-refractivity contribution in [1.29, 1.82) is 0 Å². The fourth-order valence-electron chi connectivity index (χ4n) is 3.37. The Bertz CT molecular complexity index is 662. The molecule has 0 aromatic heterocycles. The van der Waals surface area contributed by atoms with Crippen LogP contribution in [0.1, 0.15) is 37.9 Å². The van der Waals surface area contributed by atoms with Crippen molar-refractivity contribution in [3.63, 3.8) is 0 Å². The minimum absolute atomic E-state index is 0.207. The first kappa shape index (κ1) is 18.5. The van der Waals surface area contributed by atoms with Gasteiger partial charge in [0.15, 0.2) is 0 Å². The fourth-order valence-corrected chi connectivity index (χ4v) is 3.37. The molecule has 0 unspecified atom stereocenters. The van der Waals surface area contributed by atoms with Crippen LogP contribution in [0.25, 0.3) is 0 Å². The van der Waals surface area contributed by atoms with Crippen molar-refractivity contribution in [1.82, 2.24) is 9.80 Å². The van der Waals surface area contributed by atoms with Gasteiger partial charge in [-0.1, -0.05) is 60.7 Å². The number of piperazine rings is 1. The summed E-state index contributed by atoms with van der Waals surface area (Å²) >= 11 is 0. The molecule has 4 heteroatoms. The molecule has 0 N–H and O–H groups in total. The van der Waals surface area contributed by atoms with Gasteiger partial charge in [0, 0.05) is 26.2 Å². The first-order valence-corrected chi connectivity index (χ1v) is 9.26. The summed E-state index contributed by atoms with van der Waals surface area (Å²) in [7, 11) is 0. The molecule has 0 spiro atoms. The first-order valence-electron chi connectivity index (χ1n) is 9.26. The molecular formula is C22H28N2O2. The van der Waals surface area contributed by atoms with Gasteiger partial charge in [-0.15, -0.1) is 0 Å². The first-order chi connectivity index (χ1) is 12.4. The molecule has 1 saturated heterocycles. The molecule has 2 aromatic carbocycles. The van der Waals surface area contributed by atoms with Crippen molar-refractivity contribution in [3.05, 3.63) is 71.8 Å². The average molecular weight is 352 g/mol. The second-order valence-electron chi connectivity index (χ2n) is 7.73. The number of rotatable bonds is 3. The van der Waals surface area contributed by atoms with Gasteiger partial charge >= 0.3 is 6.09 Å². The molecular weight excluding hydrogens is 324 g/mol. The van der Waals surface area contributed by atoms with Gasteiger partial charge in [-0.3, -0.25) is 4.90 Å². The van der Waals surface area contributed by atoms with E-state index in [4.69, 9.17) is 4.74 Å². The Kier molecular flexibility index (Phi) is 5.62. The van der Waals surface area contributed by atoms with Crippen LogP contribution >= 0.6 is 0 Å². The van der Waals surface area contributed by atoms with Crippen LogP contribution in [0, 0.1) is 0 Å². The largest absolute Gasteiger partial charge is 0.444 e. The Balaban J connectivity index is 1.73. The predicted octanol–water partition coefficient (Wildman–Crippen LogP) is 4.33. The average Bonchev–Trinajstić information content (AvgIpc) is 2.63. The zero-order chi connectivity index (χ0) is 18.6.